The number of hydrogen-bond donors (Lipinski definition) is 1. The summed E-state index contributed by atoms with van der Waals surface area (Å²) in [6.07, 6.45) is 1.98. The molecule has 1 saturated heterocycles. The monoisotopic (exact) mass is 387 g/mol. The highest BCUT2D eigenvalue weighted by molar-refractivity contribution is 6.30. The van der Waals surface area contributed by atoms with Gasteiger partial charge in [0.2, 0.25) is 5.91 Å². The van der Waals surface area contributed by atoms with E-state index in [0.29, 0.717) is 17.3 Å². The molecule has 1 aliphatic heterocycles. The summed E-state index contributed by atoms with van der Waals surface area (Å²) in [5.74, 6) is 0.430. The van der Waals surface area contributed by atoms with Crippen LogP contribution in [0.1, 0.15) is 25.3 Å². The summed E-state index contributed by atoms with van der Waals surface area (Å²) in [5, 5.41) is 2.66. The Morgan fingerprint density at radius 3 is 2.48 bits per heavy atom. The number of anilines is 1. The van der Waals surface area contributed by atoms with Gasteiger partial charge in [-0.1, -0.05) is 30.7 Å². The second-order valence-corrected chi connectivity index (χ2v) is 7.06. The lowest BCUT2D eigenvalue weighted by Gasteiger charge is -2.15. The molecule has 0 unspecified atom stereocenters. The molecule has 0 spiro atoms. The van der Waals surface area contributed by atoms with Gasteiger partial charge in [-0.2, -0.15) is 0 Å². The van der Waals surface area contributed by atoms with Gasteiger partial charge >= 0.3 is 0 Å². The number of benzene rings is 2. The molecule has 2 amide bonds. The number of imide groups is 1. The Kier molecular flexibility index (Phi) is 6.48. The molecule has 142 valence electrons. The third-order valence-corrected chi connectivity index (χ3v) is 4.80. The lowest BCUT2D eigenvalue weighted by atomic mass is 10.1. The zero-order valence-corrected chi connectivity index (χ0v) is 16.1. The molecule has 2 aromatic carbocycles. The predicted molar refractivity (Wildman–Crippen MR) is 105 cm³/mol. The van der Waals surface area contributed by atoms with E-state index in [9.17, 15) is 9.59 Å². The number of nitrogens with zero attached hydrogens (tertiary/aromatic N) is 1. The smallest absolute Gasteiger partial charge is 0.292 e. The van der Waals surface area contributed by atoms with Crippen molar-refractivity contribution in [1.29, 1.82) is 0 Å². The highest BCUT2D eigenvalue weighted by atomic mass is 35.5. The van der Waals surface area contributed by atoms with Gasteiger partial charge in [0.15, 0.2) is 6.04 Å². The van der Waals surface area contributed by atoms with E-state index in [1.807, 2.05) is 36.5 Å². The second kappa shape index (κ2) is 9.02. The van der Waals surface area contributed by atoms with Gasteiger partial charge in [0.1, 0.15) is 5.75 Å². The highest BCUT2D eigenvalue weighted by Gasteiger charge is 2.42. The number of amides is 2. The van der Waals surface area contributed by atoms with Crippen molar-refractivity contribution in [2.75, 3.05) is 18.1 Å². The van der Waals surface area contributed by atoms with Gasteiger partial charge in [0.05, 0.1) is 25.3 Å². The van der Waals surface area contributed by atoms with E-state index in [2.05, 4.69) is 0 Å². The molecule has 0 bridgehead atoms. The van der Waals surface area contributed by atoms with E-state index >= 15 is 0 Å². The van der Waals surface area contributed by atoms with Crippen molar-refractivity contribution in [2.45, 2.75) is 32.2 Å². The molecule has 0 aliphatic carbocycles. The maximum absolute atomic E-state index is 12.7. The zero-order chi connectivity index (χ0) is 19.2. The lowest BCUT2D eigenvalue weighted by Crippen LogP contribution is -2.92. The molecule has 1 fully saturated rings. The van der Waals surface area contributed by atoms with E-state index < -0.39 is 0 Å². The van der Waals surface area contributed by atoms with Crippen LogP contribution in [0.2, 0.25) is 5.02 Å². The van der Waals surface area contributed by atoms with E-state index in [0.717, 1.165) is 30.7 Å². The minimum Gasteiger partial charge on any atom is -0.494 e. The molecule has 2 N–H and O–H groups in total. The van der Waals surface area contributed by atoms with Crippen LogP contribution in [0.5, 0.6) is 5.75 Å². The van der Waals surface area contributed by atoms with Crippen molar-refractivity contribution >= 4 is 29.1 Å². The van der Waals surface area contributed by atoms with Gasteiger partial charge in [0, 0.05) is 11.4 Å². The van der Waals surface area contributed by atoms with Gasteiger partial charge in [-0.25, -0.2) is 4.90 Å². The largest absolute Gasteiger partial charge is 0.494 e. The van der Waals surface area contributed by atoms with Crippen LogP contribution in [0.25, 0.3) is 0 Å². The summed E-state index contributed by atoms with van der Waals surface area (Å²) < 4.78 is 5.55. The minimum atomic E-state index is -0.360. The average molecular weight is 388 g/mol. The Morgan fingerprint density at radius 1 is 1.11 bits per heavy atom. The summed E-state index contributed by atoms with van der Waals surface area (Å²) >= 11 is 5.89. The molecule has 27 heavy (non-hydrogen) atoms. The molecule has 1 atom stereocenters. The van der Waals surface area contributed by atoms with E-state index in [1.165, 1.54) is 4.90 Å². The first-order chi connectivity index (χ1) is 13.1. The molecular formula is C21H24ClN2O3+. The number of rotatable bonds is 8. The van der Waals surface area contributed by atoms with Crippen molar-refractivity contribution in [3.63, 3.8) is 0 Å². The second-order valence-electron chi connectivity index (χ2n) is 6.62. The number of ether oxygens (including phenoxy) is 1. The first-order valence-corrected chi connectivity index (χ1v) is 9.63. The number of hydrogen-bond acceptors (Lipinski definition) is 3. The third-order valence-electron chi connectivity index (χ3n) is 4.55. The molecule has 6 heteroatoms. The third kappa shape index (κ3) is 4.87. The molecule has 5 nitrogen and oxygen atoms in total. The molecule has 0 saturated carbocycles. The summed E-state index contributed by atoms with van der Waals surface area (Å²) in [5.41, 5.74) is 1.76. The summed E-state index contributed by atoms with van der Waals surface area (Å²) in [6, 6.07) is 14.4. The standard InChI is InChI=1S/C21H23ClN2O3/c1-2-13-27-18-9-7-17(8-10-18)24-20(25)14-19(21(24)26)23-12-11-15-3-5-16(22)6-4-15/h3-10,19,23H,2,11-14H2,1H3/p+1/t19-/m1/s1. The Labute approximate surface area is 164 Å². The van der Waals surface area contributed by atoms with Crippen LogP contribution < -0.4 is 15.0 Å². The van der Waals surface area contributed by atoms with Gasteiger partial charge in [-0.05, 0) is 48.4 Å². The Morgan fingerprint density at radius 2 is 1.81 bits per heavy atom. The van der Waals surface area contributed by atoms with Crippen molar-refractivity contribution in [3.05, 3.63) is 59.1 Å². The van der Waals surface area contributed by atoms with Crippen molar-refractivity contribution < 1.29 is 19.6 Å². The Hall–Kier alpha value is -2.37. The molecule has 3 rings (SSSR count). The number of quaternary nitrogens is 1. The molecular weight excluding hydrogens is 364 g/mol. The van der Waals surface area contributed by atoms with Crippen LogP contribution in [0.15, 0.2) is 48.5 Å². The van der Waals surface area contributed by atoms with Crippen LogP contribution in [0.4, 0.5) is 5.69 Å². The molecule has 2 aromatic rings. The molecule has 1 heterocycles. The van der Waals surface area contributed by atoms with Gasteiger partial charge < -0.3 is 10.1 Å². The van der Waals surface area contributed by atoms with Crippen LogP contribution >= 0.6 is 11.6 Å². The van der Waals surface area contributed by atoms with Gasteiger partial charge in [0.25, 0.3) is 5.91 Å². The first-order valence-electron chi connectivity index (χ1n) is 9.26. The SMILES string of the molecule is CCCOc1ccc(N2C(=O)C[C@@H]([NH2+]CCc3ccc(Cl)cc3)C2=O)cc1. The fourth-order valence-corrected chi connectivity index (χ4v) is 3.25. The summed E-state index contributed by atoms with van der Waals surface area (Å²) in [6.45, 7) is 3.42. The molecule has 0 aromatic heterocycles. The van der Waals surface area contributed by atoms with Crippen molar-refractivity contribution in [3.8, 4) is 5.75 Å². The lowest BCUT2D eigenvalue weighted by molar-refractivity contribution is -0.674. The van der Waals surface area contributed by atoms with Crippen LogP contribution in [-0.2, 0) is 16.0 Å². The topological polar surface area (TPSA) is 63.2 Å². The number of nitrogens with two attached hydrogens (primary N) is 1. The van der Waals surface area contributed by atoms with Crippen molar-refractivity contribution in [2.24, 2.45) is 0 Å². The van der Waals surface area contributed by atoms with Crippen LogP contribution in [-0.4, -0.2) is 31.0 Å². The van der Waals surface area contributed by atoms with E-state index in [1.54, 1.807) is 24.3 Å². The molecule has 0 radical (unpaired) electrons. The predicted octanol–water partition coefficient (Wildman–Crippen LogP) is 2.57. The van der Waals surface area contributed by atoms with Crippen LogP contribution in [0, 0.1) is 0 Å². The van der Waals surface area contributed by atoms with E-state index in [-0.39, 0.29) is 24.3 Å². The van der Waals surface area contributed by atoms with Gasteiger partial charge in [-0.15, -0.1) is 0 Å². The maximum Gasteiger partial charge on any atom is 0.292 e. The summed E-state index contributed by atoms with van der Waals surface area (Å²) in [4.78, 5) is 26.3. The fraction of sp³-hybridized carbons (Fsp3) is 0.333. The first kappa shape index (κ1) is 19.4. The van der Waals surface area contributed by atoms with Crippen molar-refractivity contribution in [1.82, 2.24) is 0 Å². The van der Waals surface area contributed by atoms with Crippen LogP contribution in [0.3, 0.4) is 0 Å². The number of carbonyl (C=O) groups is 2. The quantitative estimate of drug-likeness (QED) is 0.708. The summed E-state index contributed by atoms with van der Waals surface area (Å²) in [7, 11) is 0. The molecule has 1 aliphatic rings. The van der Waals surface area contributed by atoms with E-state index in [4.69, 9.17) is 16.3 Å². The zero-order valence-electron chi connectivity index (χ0n) is 15.4. The number of halogens is 1. The minimum absolute atomic E-state index is 0.154. The Balaban J connectivity index is 1.56. The maximum atomic E-state index is 12.7. The Bertz CT molecular complexity index is 790. The fourth-order valence-electron chi connectivity index (χ4n) is 3.12. The number of carbonyl (C=O) groups excluding carboxylic acids is 2. The normalized spacial score (nSPS) is 16.8. The highest BCUT2D eigenvalue weighted by Crippen LogP contribution is 2.24. The average Bonchev–Trinajstić information content (AvgIpc) is 2.96. The van der Waals surface area contributed by atoms with Gasteiger partial charge in [-0.3, -0.25) is 9.59 Å².